The molecule has 2 aromatic heterocycles. The van der Waals surface area contributed by atoms with E-state index >= 15 is 0 Å². The van der Waals surface area contributed by atoms with Crippen LogP contribution in [0.5, 0.6) is 0 Å². The Balaban J connectivity index is 1.99. The minimum atomic E-state index is 0.0762. The first-order valence-electron chi connectivity index (χ1n) is 7.19. The Hall–Kier alpha value is -2.22. The molecule has 2 aromatic rings. The van der Waals surface area contributed by atoms with Gasteiger partial charge in [0.25, 0.3) is 5.95 Å². The zero-order chi connectivity index (χ0) is 14.7. The van der Waals surface area contributed by atoms with E-state index in [-0.39, 0.29) is 12.6 Å². The molecule has 1 aliphatic rings. The van der Waals surface area contributed by atoms with Crippen LogP contribution in [-0.2, 0) is 0 Å². The van der Waals surface area contributed by atoms with E-state index in [0.29, 0.717) is 17.8 Å². The lowest BCUT2D eigenvalue weighted by molar-refractivity contribution is 0.265. The van der Waals surface area contributed by atoms with Gasteiger partial charge in [0.1, 0.15) is 0 Å². The first kappa shape index (κ1) is 13.7. The van der Waals surface area contributed by atoms with Crippen molar-refractivity contribution in [2.24, 2.45) is 0 Å². The van der Waals surface area contributed by atoms with Crippen LogP contribution in [-0.4, -0.2) is 55.6 Å². The summed E-state index contributed by atoms with van der Waals surface area (Å²) >= 11 is 0. The Morgan fingerprint density at radius 1 is 1.33 bits per heavy atom. The maximum atomic E-state index is 9.48. The number of anilines is 2. The van der Waals surface area contributed by atoms with Crippen LogP contribution in [0, 0.1) is 0 Å². The van der Waals surface area contributed by atoms with Gasteiger partial charge in [-0.1, -0.05) is 0 Å². The van der Waals surface area contributed by atoms with E-state index in [9.17, 15) is 5.11 Å². The monoisotopic (exact) mass is 289 g/mol. The molecule has 3 rings (SSSR count). The first-order chi connectivity index (χ1) is 10.3. The van der Waals surface area contributed by atoms with Gasteiger partial charge >= 0.3 is 0 Å². The SMILES string of the molecule is CCNc1nc(N2CCCC2CO)nc(-n2cccn2)n1. The highest BCUT2D eigenvalue weighted by Crippen LogP contribution is 2.23. The van der Waals surface area contributed by atoms with Gasteiger partial charge in [-0.3, -0.25) is 0 Å². The third-order valence-corrected chi connectivity index (χ3v) is 3.50. The van der Waals surface area contributed by atoms with Crippen LogP contribution in [0.3, 0.4) is 0 Å². The lowest BCUT2D eigenvalue weighted by Gasteiger charge is -2.23. The molecular weight excluding hydrogens is 270 g/mol. The summed E-state index contributed by atoms with van der Waals surface area (Å²) in [6.07, 6.45) is 5.46. The fraction of sp³-hybridized carbons (Fsp3) is 0.538. The zero-order valence-corrected chi connectivity index (χ0v) is 12.0. The molecule has 1 saturated heterocycles. The summed E-state index contributed by atoms with van der Waals surface area (Å²) in [4.78, 5) is 15.3. The number of hydrogen-bond acceptors (Lipinski definition) is 7. The Kier molecular flexibility index (Phi) is 3.96. The summed E-state index contributed by atoms with van der Waals surface area (Å²) in [6, 6.07) is 1.90. The van der Waals surface area contributed by atoms with Gasteiger partial charge in [0.15, 0.2) is 0 Å². The highest BCUT2D eigenvalue weighted by Gasteiger charge is 2.27. The molecule has 1 unspecified atom stereocenters. The van der Waals surface area contributed by atoms with Crippen molar-refractivity contribution in [2.45, 2.75) is 25.8 Å². The summed E-state index contributed by atoms with van der Waals surface area (Å²) < 4.78 is 1.61. The smallest absolute Gasteiger partial charge is 0.257 e. The predicted molar refractivity (Wildman–Crippen MR) is 78.6 cm³/mol. The van der Waals surface area contributed by atoms with Crippen molar-refractivity contribution in [3.05, 3.63) is 18.5 Å². The van der Waals surface area contributed by atoms with Gasteiger partial charge in [-0.05, 0) is 25.8 Å². The van der Waals surface area contributed by atoms with E-state index in [1.165, 1.54) is 0 Å². The highest BCUT2D eigenvalue weighted by atomic mass is 16.3. The minimum absolute atomic E-state index is 0.0762. The van der Waals surface area contributed by atoms with Crippen molar-refractivity contribution in [2.75, 3.05) is 29.9 Å². The number of nitrogens with one attached hydrogen (secondary N) is 1. The fourth-order valence-corrected chi connectivity index (χ4v) is 2.50. The molecule has 0 aliphatic carbocycles. The second-order valence-corrected chi connectivity index (χ2v) is 4.91. The summed E-state index contributed by atoms with van der Waals surface area (Å²) in [5.41, 5.74) is 0. The van der Waals surface area contributed by atoms with Crippen LogP contribution in [0.25, 0.3) is 5.95 Å². The van der Waals surface area contributed by atoms with Gasteiger partial charge in [0, 0.05) is 25.5 Å². The molecule has 0 spiro atoms. The summed E-state index contributed by atoms with van der Waals surface area (Å²) in [6.45, 7) is 3.67. The third kappa shape index (κ3) is 2.80. The van der Waals surface area contributed by atoms with E-state index in [0.717, 1.165) is 25.9 Å². The molecule has 0 aromatic carbocycles. The van der Waals surface area contributed by atoms with E-state index in [4.69, 9.17) is 0 Å². The normalized spacial score (nSPS) is 18.2. The molecule has 0 bridgehead atoms. The van der Waals surface area contributed by atoms with Crippen LogP contribution < -0.4 is 10.2 Å². The molecule has 8 nitrogen and oxygen atoms in total. The van der Waals surface area contributed by atoms with E-state index in [2.05, 4.69) is 25.4 Å². The maximum absolute atomic E-state index is 9.48. The second kappa shape index (κ2) is 6.04. The largest absolute Gasteiger partial charge is 0.394 e. The molecule has 8 heteroatoms. The molecule has 21 heavy (non-hydrogen) atoms. The molecule has 2 N–H and O–H groups in total. The maximum Gasteiger partial charge on any atom is 0.257 e. The molecule has 3 heterocycles. The molecule has 1 aliphatic heterocycles. The van der Waals surface area contributed by atoms with Crippen LogP contribution in [0.15, 0.2) is 18.5 Å². The number of aliphatic hydroxyl groups excluding tert-OH is 1. The third-order valence-electron chi connectivity index (χ3n) is 3.50. The van der Waals surface area contributed by atoms with E-state index < -0.39 is 0 Å². The van der Waals surface area contributed by atoms with Crippen LogP contribution >= 0.6 is 0 Å². The first-order valence-corrected chi connectivity index (χ1v) is 7.19. The summed E-state index contributed by atoms with van der Waals surface area (Å²) in [5, 5.41) is 16.8. The highest BCUT2D eigenvalue weighted by molar-refractivity contribution is 5.41. The number of nitrogens with zero attached hydrogens (tertiary/aromatic N) is 6. The van der Waals surface area contributed by atoms with E-state index in [1.807, 2.05) is 17.9 Å². The van der Waals surface area contributed by atoms with Crippen molar-refractivity contribution in [3.8, 4) is 5.95 Å². The average molecular weight is 289 g/mol. The van der Waals surface area contributed by atoms with Crippen LogP contribution in [0.4, 0.5) is 11.9 Å². The van der Waals surface area contributed by atoms with Gasteiger partial charge < -0.3 is 15.3 Å². The lowest BCUT2D eigenvalue weighted by atomic mass is 10.2. The van der Waals surface area contributed by atoms with Gasteiger partial charge in [-0.25, -0.2) is 4.68 Å². The standard InChI is InChI=1S/C13H19N7O/c1-2-14-11-16-12(19-7-3-5-10(19)9-21)18-13(17-11)20-8-4-6-15-20/h4,6,8,10,21H,2-3,5,7,9H2,1H3,(H,14,16,17,18). The summed E-state index contributed by atoms with van der Waals surface area (Å²) in [7, 11) is 0. The zero-order valence-electron chi connectivity index (χ0n) is 12.0. The quantitative estimate of drug-likeness (QED) is 0.825. The van der Waals surface area contributed by atoms with Crippen LogP contribution in [0.2, 0.25) is 0 Å². The van der Waals surface area contributed by atoms with Gasteiger partial charge in [0.2, 0.25) is 11.9 Å². The Bertz CT molecular complexity index is 586. The van der Waals surface area contributed by atoms with Crippen molar-refractivity contribution < 1.29 is 5.11 Å². The van der Waals surface area contributed by atoms with Crippen molar-refractivity contribution in [1.29, 1.82) is 0 Å². The number of aliphatic hydroxyl groups is 1. The van der Waals surface area contributed by atoms with E-state index in [1.54, 1.807) is 17.1 Å². The second-order valence-electron chi connectivity index (χ2n) is 4.91. The van der Waals surface area contributed by atoms with Crippen LogP contribution in [0.1, 0.15) is 19.8 Å². The number of hydrogen-bond donors (Lipinski definition) is 2. The molecule has 0 saturated carbocycles. The summed E-state index contributed by atoms with van der Waals surface area (Å²) in [5.74, 6) is 1.59. The molecule has 112 valence electrons. The average Bonchev–Trinajstić information content (AvgIpc) is 3.18. The molecule has 0 amide bonds. The van der Waals surface area contributed by atoms with Gasteiger partial charge in [-0.2, -0.15) is 20.1 Å². The number of aromatic nitrogens is 5. The number of rotatable bonds is 5. The van der Waals surface area contributed by atoms with Gasteiger partial charge in [0.05, 0.1) is 12.6 Å². The molecule has 0 radical (unpaired) electrons. The van der Waals surface area contributed by atoms with Crippen molar-refractivity contribution in [1.82, 2.24) is 24.7 Å². The Morgan fingerprint density at radius 2 is 2.19 bits per heavy atom. The Labute approximate surface area is 122 Å². The molecular formula is C13H19N7O. The lowest BCUT2D eigenvalue weighted by Crippen LogP contribution is -2.34. The predicted octanol–water partition coefficient (Wildman–Crippen LogP) is 0.450. The topological polar surface area (TPSA) is 92.0 Å². The fourth-order valence-electron chi connectivity index (χ4n) is 2.50. The Morgan fingerprint density at radius 3 is 2.90 bits per heavy atom. The van der Waals surface area contributed by atoms with Gasteiger partial charge in [-0.15, -0.1) is 0 Å². The molecule has 1 fully saturated rings. The minimum Gasteiger partial charge on any atom is -0.394 e. The van der Waals surface area contributed by atoms with Crippen molar-refractivity contribution >= 4 is 11.9 Å². The van der Waals surface area contributed by atoms with Crippen molar-refractivity contribution in [3.63, 3.8) is 0 Å². The molecule has 1 atom stereocenters.